The Balaban J connectivity index is 1.50. The number of nitrogens with two attached hydrogens (primary N) is 1. The topological polar surface area (TPSA) is 155 Å². The van der Waals surface area contributed by atoms with Crippen molar-refractivity contribution >= 4 is 28.9 Å². The van der Waals surface area contributed by atoms with Gasteiger partial charge in [0.1, 0.15) is 11.8 Å². The van der Waals surface area contributed by atoms with E-state index in [-0.39, 0.29) is 17.2 Å². The number of hydrogen-bond acceptors (Lipinski definition) is 9. The Morgan fingerprint density at radius 2 is 1.70 bits per heavy atom. The molecule has 2 aromatic carbocycles. The molecule has 0 aliphatic heterocycles. The first-order valence-corrected chi connectivity index (χ1v) is 12.4. The molecule has 5 N–H and O–H groups in total. The fourth-order valence-electron chi connectivity index (χ4n) is 3.84. The summed E-state index contributed by atoms with van der Waals surface area (Å²) in [5.74, 6) is 0.276. The lowest BCUT2D eigenvalue weighted by Gasteiger charge is -2.13. The minimum absolute atomic E-state index is 0.00454. The molecule has 0 bridgehead atoms. The smallest absolute Gasteiger partial charge is 0.278 e. The number of nitrogens with zero attached hydrogens (tertiary/aromatic N) is 5. The monoisotopic (exact) mass is 531 g/mol. The molecular weight excluding hydrogens is 502 g/mol. The lowest BCUT2D eigenvalue weighted by atomic mass is 10.0. The summed E-state index contributed by atoms with van der Waals surface area (Å²) in [5.41, 5.74) is 12.6. The van der Waals surface area contributed by atoms with Gasteiger partial charge >= 0.3 is 0 Å². The number of nitrogens with one attached hydrogen (secondary N) is 3. The molecule has 2 heterocycles. The van der Waals surface area contributed by atoms with Gasteiger partial charge in [-0.3, -0.25) is 4.79 Å². The molecule has 0 unspecified atom stereocenters. The first-order valence-electron chi connectivity index (χ1n) is 12.4. The minimum atomic E-state index is -0.522. The summed E-state index contributed by atoms with van der Waals surface area (Å²) in [6.07, 6.45) is 2.98. The highest BCUT2D eigenvalue weighted by Gasteiger charge is 2.18. The summed E-state index contributed by atoms with van der Waals surface area (Å²) in [6, 6.07) is 15.4. The van der Waals surface area contributed by atoms with Crippen molar-refractivity contribution in [2.45, 2.75) is 20.4 Å². The van der Waals surface area contributed by atoms with Gasteiger partial charge in [0.2, 0.25) is 0 Å². The third kappa shape index (κ3) is 6.11. The van der Waals surface area contributed by atoms with Crippen LogP contribution in [0.25, 0.3) is 22.7 Å². The van der Waals surface area contributed by atoms with Crippen molar-refractivity contribution in [2.75, 3.05) is 17.7 Å². The van der Waals surface area contributed by atoms with Crippen LogP contribution in [0.3, 0.4) is 0 Å². The van der Waals surface area contributed by atoms with Crippen molar-refractivity contribution in [2.24, 2.45) is 5.73 Å². The third-order valence-electron chi connectivity index (χ3n) is 6.25. The van der Waals surface area contributed by atoms with Gasteiger partial charge in [-0.2, -0.15) is 5.26 Å². The van der Waals surface area contributed by atoms with E-state index in [4.69, 9.17) is 5.73 Å². The largest absolute Gasteiger partial charge is 0.397 e. The van der Waals surface area contributed by atoms with Gasteiger partial charge in [-0.05, 0) is 42.2 Å². The molecule has 10 heteroatoms. The van der Waals surface area contributed by atoms with E-state index >= 15 is 0 Å². The number of amides is 1. The van der Waals surface area contributed by atoms with Gasteiger partial charge in [-0.1, -0.05) is 49.6 Å². The standard InChI is InChI=1S/C30H29N9O/c1-17-6-9-23(12-18(17)2)20(4)37-30(40)27-29(35-15-24(13-31)38-27)34-14-21-7-10-22(11-8-21)25-16-36-28(33-5)26(39-25)19(3)32/h6-12,15-16H,3-4,14,32H2,1-2,5H3,(H,33,36)(H,34,35)(H,37,40). The number of nitriles is 1. The lowest BCUT2D eigenvalue weighted by Crippen LogP contribution is -2.25. The van der Waals surface area contributed by atoms with Crippen LogP contribution in [0.5, 0.6) is 0 Å². The number of hydrogen-bond donors (Lipinski definition) is 4. The van der Waals surface area contributed by atoms with Crippen molar-refractivity contribution in [1.82, 2.24) is 25.3 Å². The van der Waals surface area contributed by atoms with Crippen LogP contribution in [-0.4, -0.2) is 32.9 Å². The first kappa shape index (κ1) is 27.5. The fourth-order valence-corrected chi connectivity index (χ4v) is 3.84. The molecule has 40 heavy (non-hydrogen) atoms. The van der Waals surface area contributed by atoms with E-state index in [0.29, 0.717) is 35.1 Å². The second-order valence-corrected chi connectivity index (χ2v) is 9.07. The van der Waals surface area contributed by atoms with Crippen molar-refractivity contribution in [3.8, 4) is 17.3 Å². The molecule has 4 aromatic rings. The van der Waals surface area contributed by atoms with E-state index in [1.54, 1.807) is 13.2 Å². The zero-order chi connectivity index (χ0) is 28.8. The summed E-state index contributed by atoms with van der Waals surface area (Å²) in [6.45, 7) is 12.1. The van der Waals surface area contributed by atoms with Gasteiger partial charge in [0, 0.05) is 24.9 Å². The fraction of sp³-hybridized carbons (Fsp3) is 0.133. The Hall–Kier alpha value is -5.56. The van der Waals surface area contributed by atoms with Crippen LogP contribution in [0, 0.1) is 25.2 Å². The number of carbonyl (C=O) groups is 1. The van der Waals surface area contributed by atoms with Crippen molar-refractivity contribution < 1.29 is 4.79 Å². The summed E-state index contributed by atoms with van der Waals surface area (Å²) < 4.78 is 0. The number of benzene rings is 2. The highest BCUT2D eigenvalue weighted by atomic mass is 16.1. The molecule has 0 saturated carbocycles. The average molecular weight is 532 g/mol. The van der Waals surface area contributed by atoms with Crippen LogP contribution in [0.2, 0.25) is 0 Å². The molecule has 0 radical (unpaired) electrons. The van der Waals surface area contributed by atoms with Crippen molar-refractivity contribution in [3.63, 3.8) is 0 Å². The second kappa shape index (κ2) is 11.9. The maximum atomic E-state index is 13.1. The SMILES string of the molecule is C=C(NC(=O)c1nc(C#N)cnc1NCc1ccc(-c2cnc(NC)c(C(=C)N)n2)cc1)c1ccc(C)c(C)c1. The van der Waals surface area contributed by atoms with Crippen LogP contribution in [-0.2, 0) is 6.54 Å². The summed E-state index contributed by atoms with van der Waals surface area (Å²) >= 11 is 0. The zero-order valence-electron chi connectivity index (χ0n) is 22.5. The first-order chi connectivity index (χ1) is 19.2. The number of anilines is 2. The van der Waals surface area contributed by atoms with Crippen molar-refractivity contribution in [3.05, 3.63) is 107 Å². The van der Waals surface area contributed by atoms with Gasteiger partial charge in [0.15, 0.2) is 23.0 Å². The molecule has 0 aliphatic carbocycles. The van der Waals surface area contributed by atoms with Crippen LogP contribution >= 0.6 is 0 Å². The number of aryl methyl sites for hydroxylation is 2. The summed E-state index contributed by atoms with van der Waals surface area (Å²) in [7, 11) is 1.74. The van der Waals surface area contributed by atoms with E-state index < -0.39 is 5.91 Å². The van der Waals surface area contributed by atoms with E-state index in [9.17, 15) is 10.1 Å². The predicted octanol–water partition coefficient (Wildman–Crippen LogP) is 4.41. The van der Waals surface area contributed by atoms with Gasteiger partial charge < -0.3 is 21.7 Å². The lowest BCUT2D eigenvalue weighted by molar-refractivity contribution is 0.0969. The zero-order valence-corrected chi connectivity index (χ0v) is 22.5. The van der Waals surface area contributed by atoms with Crippen LogP contribution in [0.15, 0.2) is 68.0 Å². The Morgan fingerprint density at radius 1 is 0.975 bits per heavy atom. The molecule has 0 fully saturated rings. The summed E-state index contributed by atoms with van der Waals surface area (Å²) in [4.78, 5) is 30.6. The Kier molecular flexibility index (Phi) is 8.16. The van der Waals surface area contributed by atoms with Crippen LogP contribution in [0.1, 0.15) is 44.1 Å². The molecular formula is C30H29N9O. The number of aromatic nitrogens is 4. The Labute approximate surface area is 232 Å². The van der Waals surface area contributed by atoms with E-state index in [2.05, 4.69) is 49.0 Å². The highest BCUT2D eigenvalue weighted by molar-refractivity contribution is 6.01. The highest BCUT2D eigenvalue weighted by Crippen LogP contribution is 2.23. The third-order valence-corrected chi connectivity index (χ3v) is 6.25. The van der Waals surface area contributed by atoms with Crippen molar-refractivity contribution in [1.29, 1.82) is 5.26 Å². The number of carbonyl (C=O) groups excluding carboxylic acids is 1. The Bertz CT molecular complexity index is 1650. The maximum absolute atomic E-state index is 13.1. The van der Waals surface area contributed by atoms with E-state index in [1.165, 1.54) is 6.20 Å². The predicted molar refractivity (Wildman–Crippen MR) is 157 cm³/mol. The van der Waals surface area contributed by atoms with Crippen LogP contribution in [0.4, 0.5) is 11.6 Å². The molecule has 200 valence electrons. The maximum Gasteiger partial charge on any atom is 0.278 e. The van der Waals surface area contributed by atoms with Crippen LogP contribution < -0.4 is 21.7 Å². The quantitative estimate of drug-likeness (QED) is 0.246. The summed E-state index contributed by atoms with van der Waals surface area (Å²) in [5, 5.41) is 18.2. The molecule has 0 spiro atoms. The van der Waals surface area contributed by atoms with Gasteiger partial charge in [0.05, 0.1) is 23.8 Å². The average Bonchev–Trinajstić information content (AvgIpc) is 2.97. The van der Waals surface area contributed by atoms with Gasteiger partial charge in [-0.15, -0.1) is 0 Å². The molecule has 0 atom stereocenters. The molecule has 1 amide bonds. The molecule has 0 saturated heterocycles. The number of rotatable bonds is 9. The molecule has 10 nitrogen and oxygen atoms in total. The molecule has 4 rings (SSSR count). The second-order valence-electron chi connectivity index (χ2n) is 9.07. The minimum Gasteiger partial charge on any atom is -0.397 e. The van der Waals surface area contributed by atoms with E-state index in [1.807, 2.05) is 62.4 Å². The molecule has 0 aliphatic rings. The molecule has 2 aromatic heterocycles. The Morgan fingerprint density at radius 3 is 2.35 bits per heavy atom. The van der Waals surface area contributed by atoms with Gasteiger partial charge in [0.25, 0.3) is 5.91 Å². The normalized spacial score (nSPS) is 10.3. The van der Waals surface area contributed by atoms with E-state index in [0.717, 1.165) is 27.8 Å². The van der Waals surface area contributed by atoms with Gasteiger partial charge in [-0.25, -0.2) is 19.9 Å².